The molecule has 3 atom stereocenters. The topological polar surface area (TPSA) is 135 Å². The van der Waals surface area contributed by atoms with E-state index in [1.807, 2.05) is 11.0 Å². The van der Waals surface area contributed by atoms with Gasteiger partial charge in [0, 0.05) is 55.0 Å². The number of carbonyl (C=O) groups excluding carboxylic acids is 1. The lowest BCUT2D eigenvalue weighted by molar-refractivity contribution is -0.137. The second kappa shape index (κ2) is 12.9. The molecule has 2 N–H and O–H groups in total. The van der Waals surface area contributed by atoms with E-state index < -0.39 is 63.2 Å². The standard InChI is InChI=1S/C37H34F6N8O2S/c1-2-51(20-6-11-49(16-20)33(52)35(17-45)8-9-35)32-22-12-24(37(41,42)43)27(21-4-5-25(39)30-26(21)23(14-44)31(46)54-30)28(40)29(22)47-34(48-32)53-18-36-7-3-10-50(36)15-19(38)13-36/h4-5,12,19-20H,2-3,6-11,13,15-16,18,46H2,1H3. The number of nitrogens with two attached hydrogens (primary N) is 1. The van der Waals surface area contributed by atoms with Crippen LogP contribution in [-0.4, -0.2) is 82.8 Å². The minimum atomic E-state index is -5.15. The third kappa shape index (κ3) is 5.66. The van der Waals surface area contributed by atoms with Crippen molar-refractivity contribution in [3.8, 4) is 29.3 Å². The highest BCUT2D eigenvalue weighted by Gasteiger charge is 2.54. The normalized spacial score (nSPS) is 23.5. The van der Waals surface area contributed by atoms with E-state index in [0.717, 1.165) is 24.6 Å². The van der Waals surface area contributed by atoms with E-state index in [1.165, 1.54) is 0 Å². The number of ether oxygens (including phenoxy) is 1. The van der Waals surface area contributed by atoms with E-state index in [1.54, 1.807) is 16.7 Å². The maximum atomic E-state index is 17.3. The summed E-state index contributed by atoms with van der Waals surface area (Å²) >= 11 is 0.670. The van der Waals surface area contributed by atoms with Crippen LogP contribution in [0.5, 0.6) is 6.01 Å². The lowest BCUT2D eigenvalue weighted by Crippen LogP contribution is -2.43. The van der Waals surface area contributed by atoms with Gasteiger partial charge in [0.1, 0.15) is 46.4 Å². The molecule has 4 aliphatic rings. The number of anilines is 2. The summed E-state index contributed by atoms with van der Waals surface area (Å²) < 4.78 is 98.2. The number of fused-ring (bicyclic) bond motifs is 3. The summed E-state index contributed by atoms with van der Waals surface area (Å²) in [6, 6.07) is 5.77. The number of likely N-dealkylation sites (N-methyl/N-ethyl adjacent to an activating group) is 1. The molecule has 1 aliphatic carbocycles. The van der Waals surface area contributed by atoms with Gasteiger partial charge in [0.05, 0.1) is 27.4 Å². The van der Waals surface area contributed by atoms with Crippen LogP contribution in [0.2, 0.25) is 0 Å². The van der Waals surface area contributed by atoms with Crippen LogP contribution in [0.1, 0.15) is 56.6 Å². The Balaban J connectivity index is 1.31. The minimum absolute atomic E-state index is 0.0418. The Kier molecular flexibility index (Phi) is 8.61. The number of aromatic nitrogens is 2. The second-order valence-electron chi connectivity index (χ2n) is 14.6. The average Bonchev–Trinajstić information content (AvgIpc) is 3.36. The van der Waals surface area contributed by atoms with Crippen LogP contribution in [0.25, 0.3) is 32.1 Å². The highest BCUT2D eigenvalue weighted by atomic mass is 32.1. The Hall–Kier alpha value is -4.87. The first-order valence-corrected chi connectivity index (χ1v) is 18.6. The summed E-state index contributed by atoms with van der Waals surface area (Å²) in [5, 5.41) is 18.8. The Labute approximate surface area is 309 Å². The number of carbonyl (C=O) groups is 1. The molecule has 54 heavy (non-hydrogen) atoms. The smallest absolute Gasteiger partial charge is 0.417 e. The van der Waals surface area contributed by atoms with Gasteiger partial charge >= 0.3 is 12.2 Å². The highest BCUT2D eigenvalue weighted by molar-refractivity contribution is 7.23. The SMILES string of the molecule is CCN(c1nc(OCC23CCCN2CC(F)C3)nc2c(F)c(-c3ccc(F)c4sc(N)c(C#N)c34)c(C(F)(F)F)cc12)C1CCN(C(=O)C2(C#N)CC2)C1. The minimum Gasteiger partial charge on any atom is -0.461 e. The summed E-state index contributed by atoms with van der Waals surface area (Å²) in [6.07, 6.45) is -3.24. The molecular weight excluding hydrogens is 735 g/mol. The van der Waals surface area contributed by atoms with Gasteiger partial charge in [-0.15, -0.1) is 11.3 Å². The number of halogens is 6. The molecule has 2 aromatic carbocycles. The van der Waals surface area contributed by atoms with Crippen LogP contribution in [0.4, 0.5) is 37.2 Å². The first-order chi connectivity index (χ1) is 25.7. The molecule has 3 aliphatic heterocycles. The number of nitriles is 2. The summed E-state index contributed by atoms with van der Waals surface area (Å²) in [7, 11) is 0. The van der Waals surface area contributed by atoms with E-state index in [-0.39, 0.29) is 76.4 Å². The molecule has 0 bridgehead atoms. The lowest BCUT2D eigenvalue weighted by Gasteiger charge is -2.32. The molecule has 282 valence electrons. The third-order valence-electron chi connectivity index (χ3n) is 11.5. The van der Waals surface area contributed by atoms with Gasteiger partial charge in [0.15, 0.2) is 5.82 Å². The number of rotatable bonds is 8. The first kappa shape index (κ1) is 36.1. The van der Waals surface area contributed by atoms with E-state index in [9.17, 15) is 24.1 Å². The number of nitrogen functional groups attached to an aromatic ring is 1. The number of nitrogens with zero attached hydrogens (tertiary/aromatic N) is 7. The maximum Gasteiger partial charge on any atom is 0.417 e. The van der Waals surface area contributed by atoms with Crippen LogP contribution in [0.3, 0.4) is 0 Å². The number of alkyl halides is 4. The number of thiophene rings is 1. The van der Waals surface area contributed by atoms with Crippen LogP contribution >= 0.6 is 11.3 Å². The Morgan fingerprint density at radius 1 is 1.17 bits per heavy atom. The Morgan fingerprint density at radius 3 is 2.63 bits per heavy atom. The molecule has 1 amide bonds. The van der Waals surface area contributed by atoms with Gasteiger partial charge < -0.3 is 20.3 Å². The van der Waals surface area contributed by atoms with Gasteiger partial charge in [-0.2, -0.15) is 33.7 Å². The van der Waals surface area contributed by atoms with Crippen molar-refractivity contribution >= 4 is 49.1 Å². The highest BCUT2D eigenvalue weighted by Crippen LogP contribution is 2.50. The molecular formula is C37H34F6N8O2S. The van der Waals surface area contributed by atoms with Crippen LogP contribution in [-0.2, 0) is 11.0 Å². The van der Waals surface area contributed by atoms with Crippen molar-refractivity contribution in [1.82, 2.24) is 19.8 Å². The molecule has 1 saturated carbocycles. The molecule has 4 aromatic rings. The van der Waals surface area contributed by atoms with E-state index >= 15 is 17.6 Å². The van der Waals surface area contributed by atoms with Gasteiger partial charge in [-0.3, -0.25) is 9.69 Å². The van der Waals surface area contributed by atoms with Crippen molar-refractivity contribution < 1.29 is 35.9 Å². The first-order valence-electron chi connectivity index (χ1n) is 17.8. The molecule has 5 heterocycles. The van der Waals surface area contributed by atoms with Crippen molar-refractivity contribution in [1.29, 1.82) is 10.5 Å². The summed E-state index contributed by atoms with van der Waals surface area (Å²) in [6.45, 7) is 3.26. The summed E-state index contributed by atoms with van der Waals surface area (Å²) in [5.41, 5.74) is 0.717. The molecule has 8 rings (SSSR count). The zero-order valence-corrected chi connectivity index (χ0v) is 29.9. The van der Waals surface area contributed by atoms with Crippen molar-refractivity contribution in [3.05, 3.63) is 41.0 Å². The van der Waals surface area contributed by atoms with Crippen molar-refractivity contribution in [2.24, 2.45) is 5.41 Å². The number of hydrogen-bond acceptors (Lipinski definition) is 10. The fourth-order valence-corrected chi connectivity index (χ4v) is 9.63. The largest absolute Gasteiger partial charge is 0.461 e. The molecule has 4 fully saturated rings. The van der Waals surface area contributed by atoms with Gasteiger partial charge in [0.2, 0.25) is 5.91 Å². The van der Waals surface area contributed by atoms with Gasteiger partial charge in [0.25, 0.3) is 0 Å². The molecule has 2 aromatic heterocycles. The van der Waals surface area contributed by atoms with Gasteiger partial charge in [-0.25, -0.2) is 13.2 Å². The summed E-state index contributed by atoms with van der Waals surface area (Å²) in [5.74, 6) is -2.60. The van der Waals surface area contributed by atoms with Crippen LogP contribution in [0, 0.1) is 39.7 Å². The maximum absolute atomic E-state index is 17.3. The van der Waals surface area contributed by atoms with Crippen molar-refractivity contribution in [2.45, 2.75) is 69.4 Å². The monoisotopic (exact) mass is 768 g/mol. The fraction of sp³-hybridized carbons (Fsp3) is 0.486. The average molecular weight is 769 g/mol. The Bertz CT molecular complexity index is 2300. The molecule has 0 radical (unpaired) electrons. The van der Waals surface area contributed by atoms with Crippen LogP contribution in [0.15, 0.2) is 18.2 Å². The van der Waals surface area contributed by atoms with Crippen molar-refractivity contribution in [3.63, 3.8) is 0 Å². The predicted octanol–water partition coefficient (Wildman–Crippen LogP) is 6.95. The number of hydrogen-bond donors (Lipinski definition) is 1. The Morgan fingerprint density at radius 2 is 1.94 bits per heavy atom. The molecule has 0 spiro atoms. The molecule has 3 unspecified atom stereocenters. The fourth-order valence-electron chi connectivity index (χ4n) is 8.68. The molecule has 3 saturated heterocycles. The second-order valence-corrected chi connectivity index (χ2v) is 15.7. The van der Waals surface area contributed by atoms with Crippen molar-refractivity contribution in [2.75, 3.05) is 50.0 Å². The van der Waals surface area contributed by atoms with E-state index in [0.29, 0.717) is 50.1 Å². The number of likely N-dealkylation sites (tertiary alicyclic amines) is 1. The van der Waals surface area contributed by atoms with E-state index in [4.69, 9.17) is 10.5 Å². The predicted molar refractivity (Wildman–Crippen MR) is 188 cm³/mol. The zero-order chi connectivity index (χ0) is 38.3. The number of amides is 1. The van der Waals surface area contributed by atoms with Gasteiger partial charge in [-0.05, 0) is 63.3 Å². The third-order valence-corrected chi connectivity index (χ3v) is 12.5. The van der Waals surface area contributed by atoms with E-state index in [2.05, 4.69) is 16.0 Å². The van der Waals surface area contributed by atoms with Crippen LogP contribution < -0.4 is 15.4 Å². The zero-order valence-electron chi connectivity index (χ0n) is 29.1. The lowest BCUT2D eigenvalue weighted by atomic mass is 9.92. The number of benzene rings is 2. The quantitative estimate of drug-likeness (QED) is 0.189. The summed E-state index contributed by atoms with van der Waals surface area (Å²) in [4.78, 5) is 27.5. The van der Waals surface area contributed by atoms with Gasteiger partial charge in [-0.1, -0.05) is 6.07 Å². The molecule has 17 heteroatoms. The molecule has 10 nitrogen and oxygen atoms in total.